The van der Waals surface area contributed by atoms with Gasteiger partial charge in [0.25, 0.3) is 0 Å². The number of carbonyl (C=O) groups excluding carboxylic acids is 1. The molecule has 0 heterocycles. The fourth-order valence-electron chi connectivity index (χ4n) is 1.26. The Morgan fingerprint density at radius 2 is 2.00 bits per heavy atom. The van der Waals surface area contributed by atoms with Gasteiger partial charge in [0.2, 0.25) is 0 Å². The highest BCUT2D eigenvalue weighted by Gasteiger charge is 2.20. The van der Waals surface area contributed by atoms with Crippen LogP contribution >= 0.6 is 23.2 Å². The Balaban J connectivity index is 2.83. The van der Waals surface area contributed by atoms with Crippen LogP contribution in [0.25, 0.3) is 0 Å². The van der Waals surface area contributed by atoms with Gasteiger partial charge in [-0.1, -0.05) is 29.3 Å². The first kappa shape index (κ1) is 15.6. The number of amides is 2. The summed E-state index contributed by atoms with van der Waals surface area (Å²) in [5, 5.41) is 22.4. The van der Waals surface area contributed by atoms with E-state index < -0.39 is 24.6 Å². The lowest BCUT2D eigenvalue weighted by Gasteiger charge is -2.15. The van der Waals surface area contributed by atoms with Gasteiger partial charge in [-0.25, -0.2) is 9.59 Å². The molecule has 0 spiro atoms. The fourth-order valence-corrected chi connectivity index (χ4v) is 1.73. The van der Waals surface area contributed by atoms with Gasteiger partial charge in [-0.15, -0.1) is 0 Å². The molecule has 1 aromatic rings. The largest absolute Gasteiger partial charge is 0.480 e. The Morgan fingerprint density at radius 3 is 2.53 bits per heavy atom. The van der Waals surface area contributed by atoms with Gasteiger partial charge in [0.05, 0.1) is 22.3 Å². The van der Waals surface area contributed by atoms with Crippen molar-refractivity contribution in [1.29, 1.82) is 0 Å². The molecule has 104 valence electrons. The van der Waals surface area contributed by atoms with Gasteiger partial charge in [-0.3, -0.25) is 0 Å². The number of aliphatic carboxylic acids is 1. The standard InChI is InChI=1S/C11H12Cl2N2O4/c1-5-2-3-6(12)9(8(5)13)15-11(19)14-7(4-16)10(17)18/h2-3,7,16H,4H2,1H3,(H,17,18)(H2,14,15,19)/t7-/m0/s1. The summed E-state index contributed by atoms with van der Waals surface area (Å²) in [5.41, 5.74) is 0.890. The number of carbonyl (C=O) groups is 2. The molecule has 1 rings (SSSR count). The van der Waals surface area contributed by atoms with Gasteiger partial charge < -0.3 is 20.8 Å². The van der Waals surface area contributed by atoms with Crippen molar-refractivity contribution < 1.29 is 19.8 Å². The molecule has 0 aliphatic rings. The van der Waals surface area contributed by atoms with E-state index in [1.165, 1.54) is 0 Å². The summed E-state index contributed by atoms with van der Waals surface area (Å²) in [6.45, 7) is 1.01. The first-order chi connectivity index (χ1) is 8.86. The topological polar surface area (TPSA) is 98.7 Å². The number of aliphatic hydroxyl groups excluding tert-OH is 1. The number of nitrogens with one attached hydrogen (secondary N) is 2. The lowest BCUT2D eigenvalue weighted by molar-refractivity contribution is -0.140. The third-order valence-electron chi connectivity index (χ3n) is 2.31. The predicted molar refractivity (Wildman–Crippen MR) is 71.9 cm³/mol. The highest BCUT2D eigenvalue weighted by atomic mass is 35.5. The molecular weight excluding hydrogens is 295 g/mol. The van der Waals surface area contributed by atoms with Crippen LogP contribution < -0.4 is 10.6 Å². The maximum Gasteiger partial charge on any atom is 0.328 e. The molecular formula is C11H12Cl2N2O4. The second-order valence-electron chi connectivity index (χ2n) is 3.73. The molecule has 19 heavy (non-hydrogen) atoms. The number of anilines is 1. The van der Waals surface area contributed by atoms with E-state index in [0.29, 0.717) is 5.56 Å². The van der Waals surface area contributed by atoms with Crippen LogP contribution in [0, 0.1) is 6.92 Å². The number of rotatable bonds is 4. The van der Waals surface area contributed by atoms with E-state index >= 15 is 0 Å². The zero-order valence-electron chi connectivity index (χ0n) is 9.91. The Bertz CT molecular complexity index is 508. The van der Waals surface area contributed by atoms with E-state index in [4.69, 9.17) is 33.4 Å². The first-order valence-corrected chi connectivity index (χ1v) is 5.98. The van der Waals surface area contributed by atoms with Crippen LogP contribution in [0.3, 0.4) is 0 Å². The van der Waals surface area contributed by atoms with Crippen molar-refractivity contribution in [3.8, 4) is 0 Å². The molecule has 0 saturated carbocycles. The van der Waals surface area contributed by atoms with Crippen molar-refractivity contribution >= 4 is 40.9 Å². The van der Waals surface area contributed by atoms with Crippen LogP contribution in [0.4, 0.5) is 10.5 Å². The maximum atomic E-state index is 11.6. The zero-order valence-corrected chi connectivity index (χ0v) is 11.4. The molecule has 0 radical (unpaired) electrons. The Kier molecular flexibility index (Phi) is 5.41. The summed E-state index contributed by atoms with van der Waals surface area (Å²) >= 11 is 11.9. The van der Waals surface area contributed by atoms with E-state index in [9.17, 15) is 9.59 Å². The third-order valence-corrected chi connectivity index (χ3v) is 3.11. The first-order valence-electron chi connectivity index (χ1n) is 5.22. The number of carboxylic acid groups (broad SMARTS) is 1. The molecule has 0 aliphatic carbocycles. The lowest BCUT2D eigenvalue weighted by Crippen LogP contribution is -2.45. The minimum atomic E-state index is -1.40. The number of urea groups is 1. The average molecular weight is 307 g/mol. The number of hydrogen-bond donors (Lipinski definition) is 4. The summed E-state index contributed by atoms with van der Waals surface area (Å²) in [6, 6.07) is 1.01. The quantitative estimate of drug-likeness (QED) is 0.682. The third kappa shape index (κ3) is 3.99. The van der Waals surface area contributed by atoms with Crippen molar-refractivity contribution in [3.05, 3.63) is 27.7 Å². The van der Waals surface area contributed by atoms with Crippen LogP contribution in [0.5, 0.6) is 0 Å². The zero-order chi connectivity index (χ0) is 14.6. The molecule has 4 N–H and O–H groups in total. The molecule has 2 amide bonds. The van der Waals surface area contributed by atoms with Gasteiger partial charge in [0, 0.05) is 0 Å². The van der Waals surface area contributed by atoms with Crippen LogP contribution in [0.1, 0.15) is 5.56 Å². The van der Waals surface area contributed by atoms with Gasteiger partial charge in [-0.05, 0) is 18.6 Å². The minimum Gasteiger partial charge on any atom is -0.480 e. The smallest absolute Gasteiger partial charge is 0.328 e. The second-order valence-corrected chi connectivity index (χ2v) is 4.51. The van der Waals surface area contributed by atoms with Crippen LogP contribution in [0.15, 0.2) is 12.1 Å². The van der Waals surface area contributed by atoms with Crippen molar-refractivity contribution in [2.24, 2.45) is 0 Å². The van der Waals surface area contributed by atoms with E-state index in [1.807, 2.05) is 0 Å². The minimum absolute atomic E-state index is 0.183. The summed E-state index contributed by atoms with van der Waals surface area (Å²) in [6.07, 6.45) is 0. The van der Waals surface area contributed by atoms with Crippen molar-refractivity contribution in [3.63, 3.8) is 0 Å². The van der Waals surface area contributed by atoms with Gasteiger partial charge >= 0.3 is 12.0 Å². The Morgan fingerprint density at radius 1 is 1.37 bits per heavy atom. The molecule has 0 fully saturated rings. The SMILES string of the molecule is Cc1ccc(Cl)c(NC(=O)N[C@@H](CO)C(=O)O)c1Cl. The summed E-state index contributed by atoms with van der Waals surface area (Å²) in [5.74, 6) is -1.35. The Labute approximate surface area is 119 Å². The number of carboxylic acids is 1. The molecule has 0 aliphatic heterocycles. The monoisotopic (exact) mass is 306 g/mol. The van der Waals surface area contributed by atoms with E-state index in [-0.39, 0.29) is 15.7 Å². The lowest BCUT2D eigenvalue weighted by atomic mass is 10.2. The molecule has 0 unspecified atom stereocenters. The molecule has 1 atom stereocenters. The number of aryl methyl sites for hydroxylation is 1. The van der Waals surface area contributed by atoms with E-state index in [1.54, 1.807) is 19.1 Å². The molecule has 8 heteroatoms. The van der Waals surface area contributed by atoms with E-state index in [2.05, 4.69) is 10.6 Å². The molecule has 0 saturated heterocycles. The summed E-state index contributed by atoms with van der Waals surface area (Å²) in [7, 11) is 0. The fraction of sp³-hybridized carbons (Fsp3) is 0.273. The van der Waals surface area contributed by atoms with Crippen molar-refractivity contribution in [1.82, 2.24) is 5.32 Å². The van der Waals surface area contributed by atoms with Crippen molar-refractivity contribution in [2.45, 2.75) is 13.0 Å². The molecule has 0 aromatic heterocycles. The van der Waals surface area contributed by atoms with Crippen molar-refractivity contribution in [2.75, 3.05) is 11.9 Å². The highest BCUT2D eigenvalue weighted by molar-refractivity contribution is 6.40. The number of benzene rings is 1. The normalized spacial score (nSPS) is 11.8. The van der Waals surface area contributed by atoms with Crippen LogP contribution in [-0.2, 0) is 4.79 Å². The number of aliphatic hydroxyl groups is 1. The van der Waals surface area contributed by atoms with Crippen LogP contribution in [-0.4, -0.2) is 34.9 Å². The maximum absolute atomic E-state index is 11.6. The molecule has 0 bridgehead atoms. The number of halogens is 2. The average Bonchev–Trinajstić information content (AvgIpc) is 2.36. The van der Waals surface area contributed by atoms with Gasteiger partial charge in [0.15, 0.2) is 6.04 Å². The van der Waals surface area contributed by atoms with E-state index in [0.717, 1.165) is 0 Å². The summed E-state index contributed by atoms with van der Waals surface area (Å²) < 4.78 is 0. The highest BCUT2D eigenvalue weighted by Crippen LogP contribution is 2.32. The van der Waals surface area contributed by atoms with Gasteiger partial charge in [-0.2, -0.15) is 0 Å². The molecule has 6 nitrogen and oxygen atoms in total. The van der Waals surface area contributed by atoms with Gasteiger partial charge in [0.1, 0.15) is 0 Å². The molecule has 1 aromatic carbocycles. The Hall–Kier alpha value is -1.50. The second kappa shape index (κ2) is 6.60. The van der Waals surface area contributed by atoms with Crippen LogP contribution in [0.2, 0.25) is 10.0 Å². The number of hydrogen-bond acceptors (Lipinski definition) is 3. The summed E-state index contributed by atoms with van der Waals surface area (Å²) in [4.78, 5) is 22.2. The predicted octanol–water partition coefficient (Wildman–Crippen LogP) is 1.87.